The van der Waals surface area contributed by atoms with Crippen molar-refractivity contribution in [3.63, 3.8) is 0 Å². The number of carbonyl (C=O) groups excluding carboxylic acids is 1. The Kier molecular flexibility index (Phi) is 5.60. The lowest BCUT2D eigenvalue weighted by Gasteiger charge is -2.44. The number of hydrogen-bond donors (Lipinski definition) is 1. The molecule has 3 aromatic rings. The van der Waals surface area contributed by atoms with Gasteiger partial charge in [0.2, 0.25) is 0 Å². The van der Waals surface area contributed by atoms with E-state index in [2.05, 4.69) is 64.8 Å². The molecule has 1 N–H and O–H groups in total. The van der Waals surface area contributed by atoms with Crippen LogP contribution >= 0.6 is 0 Å². The van der Waals surface area contributed by atoms with Crippen LogP contribution in [0.3, 0.4) is 0 Å². The molecule has 2 aliphatic carbocycles. The Hall–Kier alpha value is -3.47. The second kappa shape index (κ2) is 9.13. The molecule has 4 aliphatic rings. The molecule has 3 fully saturated rings. The van der Waals surface area contributed by atoms with Gasteiger partial charge in [0.05, 0.1) is 13.2 Å². The van der Waals surface area contributed by atoms with Gasteiger partial charge < -0.3 is 19.9 Å². The van der Waals surface area contributed by atoms with Crippen molar-refractivity contribution < 1.29 is 9.53 Å². The molecule has 5 unspecified atom stereocenters. The highest BCUT2D eigenvalue weighted by Gasteiger charge is 2.53. The summed E-state index contributed by atoms with van der Waals surface area (Å²) >= 11 is 0. The van der Waals surface area contributed by atoms with Gasteiger partial charge in [-0.2, -0.15) is 0 Å². The first-order valence-corrected chi connectivity index (χ1v) is 13.8. The van der Waals surface area contributed by atoms with Crippen molar-refractivity contribution in [2.24, 2.45) is 17.8 Å². The van der Waals surface area contributed by atoms with Gasteiger partial charge >= 0.3 is 0 Å². The highest BCUT2D eigenvalue weighted by atomic mass is 16.5. The first kappa shape index (κ1) is 22.7. The van der Waals surface area contributed by atoms with Gasteiger partial charge in [-0.05, 0) is 96.5 Å². The second-order valence-corrected chi connectivity index (χ2v) is 11.2. The van der Waals surface area contributed by atoms with Gasteiger partial charge in [0.15, 0.2) is 0 Å². The fourth-order valence-electron chi connectivity index (χ4n) is 7.75. The Bertz CT molecular complexity index is 1280. The SMILES string of the molecule is COc1ccc(N2CCN(C(=O)c3ccc4c(c3)C3C5CCC(C5)C3C(c3ccccc3)N4)CC2)cc1. The fourth-order valence-corrected chi connectivity index (χ4v) is 7.75. The summed E-state index contributed by atoms with van der Waals surface area (Å²) in [5, 5.41) is 3.91. The number of nitrogens with one attached hydrogen (secondary N) is 1. The predicted octanol–water partition coefficient (Wildman–Crippen LogP) is 5.95. The lowest BCUT2D eigenvalue weighted by Crippen LogP contribution is -2.48. The number of hydrogen-bond acceptors (Lipinski definition) is 4. The molecule has 2 heterocycles. The van der Waals surface area contributed by atoms with Crippen LogP contribution in [0.15, 0.2) is 72.8 Å². The van der Waals surface area contributed by atoms with Crippen molar-refractivity contribution in [3.05, 3.63) is 89.5 Å². The average Bonchev–Trinajstić information content (AvgIpc) is 3.60. The molecule has 5 atom stereocenters. The van der Waals surface area contributed by atoms with Crippen LogP contribution in [-0.2, 0) is 0 Å². The summed E-state index contributed by atoms with van der Waals surface area (Å²) < 4.78 is 5.29. The summed E-state index contributed by atoms with van der Waals surface area (Å²) in [6, 6.07) is 26.0. The molecule has 2 aliphatic heterocycles. The maximum absolute atomic E-state index is 13.6. The van der Waals surface area contributed by atoms with E-state index in [0.717, 1.165) is 49.3 Å². The molecule has 2 saturated carbocycles. The van der Waals surface area contributed by atoms with Crippen LogP contribution in [0.2, 0.25) is 0 Å². The Morgan fingerprint density at radius 3 is 2.41 bits per heavy atom. The minimum atomic E-state index is 0.169. The molecule has 1 saturated heterocycles. The summed E-state index contributed by atoms with van der Waals surface area (Å²) in [7, 11) is 1.69. The zero-order valence-electron chi connectivity index (χ0n) is 21.5. The van der Waals surface area contributed by atoms with Crippen molar-refractivity contribution in [2.75, 3.05) is 43.5 Å². The van der Waals surface area contributed by atoms with Crippen LogP contribution in [-0.4, -0.2) is 44.1 Å². The molecular weight excluding hydrogens is 458 g/mol. The van der Waals surface area contributed by atoms with E-state index < -0.39 is 0 Å². The van der Waals surface area contributed by atoms with E-state index in [4.69, 9.17) is 4.74 Å². The summed E-state index contributed by atoms with van der Waals surface area (Å²) in [4.78, 5) is 18.0. The number of carbonyl (C=O) groups is 1. The first-order chi connectivity index (χ1) is 18.2. The van der Waals surface area contributed by atoms with Crippen molar-refractivity contribution in [3.8, 4) is 5.75 Å². The lowest BCUT2D eigenvalue weighted by atomic mass is 9.68. The highest BCUT2D eigenvalue weighted by Crippen LogP contribution is 2.63. The number of piperazine rings is 1. The van der Waals surface area contributed by atoms with E-state index in [1.54, 1.807) is 7.11 Å². The number of benzene rings is 3. The van der Waals surface area contributed by atoms with Crippen molar-refractivity contribution in [1.82, 2.24) is 4.90 Å². The molecule has 5 nitrogen and oxygen atoms in total. The average molecular weight is 494 g/mol. The number of methoxy groups -OCH3 is 1. The predicted molar refractivity (Wildman–Crippen MR) is 147 cm³/mol. The van der Waals surface area contributed by atoms with Gasteiger partial charge in [-0.3, -0.25) is 4.79 Å². The number of nitrogens with zero attached hydrogens (tertiary/aromatic N) is 2. The van der Waals surface area contributed by atoms with Crippen molar-refractivity contribution >= 4 is 17.3 Å². The lowest BCUT2D eigenvalue weighted by molar-refractivity contribution is 0.0746. The van der Waals surface area contributed by atoms with Crippen LogP contribution in [0.5, 0.6) is 5.75 Å². The highest BCUT2D eigenvalue weighted by molar-refractivity contribution is 5.95. The molecule has 3 aromatic carbocycles. The van der Waals surface area contributed by atoms with Crippen LogP contribution in [0.4, 0.5) is 11.4 Å². The van der Waals surface area contributed by atoms with Gasteiger partial charge in [0, 0.05) is 43.1 Å². The molecule has 1 amide bonds. The second-order valence-electron chi connectivity index (χ2n) is 11.2. The minimum Gasteiger partial charge on any atom is -0.497 e. The third-order valence-corrected chi connectivity index (χ3v) is 9.50. The standard InChI is InChI=1S/C32H35N3O2/c1-37-26-12-10-25(11-13-26)34-15-17-35(18-16-34)32(36)24-9-14-28-27(20-24)29-22-7-8-23(19-22)30(29)31(33-28)21-5-3-2-4-6-21/h2-6,9-14,20,22-23,29-31,33H,7-8,15-19H2,1H3. The van der Waals surface area contributed by atoms with Crippen LogP contribution < -0.4 is 15.0 Å². The maximum atomic E-state index is 13.6. The Morgan fingerprint density at radius 2 is 1.65 bits per heavy atom. The van der Waals surface area contributed by atoms with Crippen molar-refractivity contribution in [2.45, 2.75) is 31.2 Å². The van der Waals surface area contributed by atoms with E-state index >= 15 is 0 Å². The number of anilines is 2. The van der Waals surface area contributed by atoms with E-state index in [1.807, 2.05) is 23.1 Å². The number of rotatable bonds is 4. The zero-order valence-corrected chi connectivity index (χ0v) is 21.5. The number of fused-ring (bicyclic) bond motifs is 7. The third kappa shape index (κ3) is 3.87. The van der Waals surface area contributed by atoms with E-state index in [-0.39, 0.29) is 5.91 Å². The fraction of sp³-hybridized carbons (Fsp3) is 0.406. The summed E-state index contributed by atoms with van der Waals surface area (Å²) in [5.41, 5.74) is 6.03. The zero-order chi connectivity index (χ0) is 24.9. The van der Waals surface area contributed by atoms with Crippen LogP contribution in [0.1, 0.15) is 52.7 Å². The van der Waals surface area contributed by atoms with Crippen molar-refractivity contribution in [1.29, 1.82) is 0 Å². The molecule has 2 bridgehead atoms. The summed E-state index contributed by atoms with van der Waals surface area (Å²) in [5.74, 6) is 3.74. The molecule has 0 spiro atoms. The Balaban J connectivity index is 1.11. The molecule has 5 heteroatoms. The quantitative estimate of drug-likeness (QED) is 0.488. The van der Waals surface area contributed by atoms with Gasteiger partial charge in [-0.25, -0.2) is 0 Å². The minimum absolute atomic E-state index is 0.169. The first-order valence-electron chi connectivity index (χ1n) is 13.8. The molecule has 0 aromatic heterocycles. The van der Waals surface area contributed by atoms with Crippen LogP contribution in [0.25, 0.3) is 0 Å². The summed E-state index contributed by atoms with van der Waals surface area (Å²) in [6.45, 7) is 3.18. The maximum Gasteiger partial charge on any atom is 0.253 e. The molecule has 7 rings (SSSR count). The van der Waals surface area contributed by atoms with E-state index in [9.17, 15) is 4.79 Å². The monoisotopic (exact) mass is 493 g/mol. The molecule has 37 heavy (non-hydrogen) atoms. The molecular formula is C32H35N3O2. The molecule has 190 valence electrons. The smallest absolute Gasteiger partial charge is 0.253 e. The number of ether oxygens (including phenoxy) is 1. The van der Waals surface area contributed by atoms with Crippen LogP contribution in [0, 0.1) is 17.8 Å². The van der Waals surface area contributed by atoms with Gasteiger partial charge in [-0.15, -0.1) is 0 Å². The normalized spacial score (nSPS) is 27.9. The van der Waals surface area contributed by atoms with Gasteiger partial charge in [0.25, 0.3) is 5.91 Å². The largest absolute Gasteiger partial charge is 0.497 e. The van der Waals surface area contributed by atoms with Gasteiger partial charge in [0.1, 0.15) is 5.75 Å². The number of amides is 1. The topological polar surface area (TPSA) is 44.8 Å². The third-order valence-electron chi connectivity index (χ3n) is 9.50. The Labute approximate surface area is 219 Å². The van der Waals surface area contributed by atoms with E-state index in [1.165, 1.54) is 41.8 Å². The molecule has 0 radical (unpaired) electrons. The Morgan fingerprint density at radius 1 is 0.892 bits per heavy atom. The van der Waals surface area contributed by atoms with E-state index in [0.29, 0.717) is 17.9 Å². The summed E-state index contributed by atoms with van der Waals surface area (Å²) in [6.07, 6.45) is 4.02. The van der Waals surface area contributed by atoms with Gasteiger partial charge in [-0.1, -0.05) is 30.3 Å².